The van der Waals surface area contributed by atoms with E-state index >= 15 is 0 Å². The summed E-state index contributed by atoms with van der Waals surface area (Å²) in [5.74, 6) is -2.69. The van der Waals surface area contributed by atoms with Gasteiger partial charge < -0.3 is 5.32 Å². The van der Waals surface area contributed by atoms with Gasteiger partial charge in [-0.25, -0.2) is 9.82 Å². The molecule has 0 fully saturated rings. The van der Waals surface area contributed by atoms with Crippen LogP contribution >= 0.6 is 15.9 Å². The van der Waals surface area contributed by atoms with E-state index in [1.807, 2.05) is 5.43 Å². The maximum atomic E-state index is 13.5. The third-order valence-electron chi connectivity index (χ3n) is 2.45. The first kappa shape index (κ1) is 15.8. The van der Waals surface area contributed by atoms with E-state index in [9.17, 15) is 14.0 Å². The number of carbonyl (C=O) groups is 2. The minimum atomic E-state index is -1.02. The van der Waals surface area contributed by atoms with E-state index in [1.54, 1.807) is 18.3 Å². The average Bonchev–Trinajstić information content (AvgIpc) is 2.51. The molecule has 0 radical (unpaired) electrons. The number of halogens is 2. The first-order valence-corrected chi connectivity index (χ1v) is 6.85. The van der Waals surface area contributed by atoms with Crippen LogP contribution in [0.4, 0.5) is 10.1 Å². The van der Waals surface area contributed by atoms with Crippen LogP contribution in [0.15, 0.2) is 52.3 Å². The Morgan fingerprint density at radius 1 is 1.27 bits per heavy atom. The van der Waals surface area contributed by atoms with Gasteiger partial charge in [-0.2, -0.15) is 5.10 Å². The molecule has 0 saturated carbocycles. The molecule has 0 bridgehead atoms. The fourth-order valence-corrected chi connectivity index (χ4v) is 1.77. The summed E-state index contributed by atoms with van der Waals surface area (Å²) in [5, 5.41) is 5.77. The molecular formula is C14H10BrFN4O2. The molecule has 112 valence electrons. The number of hydrogen-bond acceptors (Lipinski definition) is 4. The van der Waals surface area contributed by atoms with Gasteiger partial charge in [-0.1, -0.05) is 22.0 Å². The molecule has 2 rings (SSSR count). The number of carbonyl (C=O) groups excluding carboxylic acids is 2. The van der Waals surface area contributed by atoms with E-state index in [4.69, 9.17) is 0 Å². The number of nitrogens with zero attached hydrogens (tertiary/aromatic N) is 2. The largest absolute Gasteiger partial charge is 0.329 e. The maximum absolute atomic E-state index is 13.5. The van der Waals surface area contributed by atoms with E-state index in [2.05, 4.69) is 31.3 Å². The Kier molecular flexibility index (Phi) is 5.31. The lowest BCUT2D eigenvalue weighted by molar-refractivity contribution is -0.136. The van der Waals surface area contributed by atoms with Gasteiger partial charge in [-0.05, 0) is 24.3 Å². The van der Waals surface area contributed by atoms with Gasteiger partial charge in [-0.15, -0.1) is 0 Å². The summed E-state index contributed by atoms with van der Waals surface area (Å²) in [5.41, 5.74) is 2.60. The summed E-state index contributed by atoms with van der Waals surface area (Å²) in [7, 11) is 0. The van der Waals surface area contributed by atoms with Crippen molar-refractivity contribution < 1.29 is 14.0 Å². The first-order chi connectivity index (χ1) is 10.6. The molecule has 0 saturated heterocycles. The van der Waals surface area contributed by atoms with Crippen LogP contribution < -0.4 is 10.7 Å². The van der Waals surface area contributed by atoms with Gasteiger partial charge in [0.25, 0.3) is 0 Å². The highest BCUT2D eigenvalue weighted by Crippen LogP contribution is 2.19. The highest BCUT2D eigenvalue weighted by Gasteiger charge is 2.15. The van der Waals surface area contributed by atoms with Crippen molar-refractivity contribution in [1.82, 2.24) is 10.4 Å². The molecule has 1 aromatic heterocycles. The lowest BCUT2D eigenvalue weighted by Gasteiger charge is -2.05. The van der Waals surface area contributed by atoms with Crippen LogP contribution in [0, 0.1) is 5.82 Å². The van der Waals surface area contributed by atoms with Crippen molar-refractivity contribution in [3.8, 4) is 0 Å². The van der Waals surface area contributed by atoms with Gasteiger partial charge in [-0.3, -0.25) is 14.6 Å². The van der Waals surface area contributed by atoms with E-state index in [0.29, 0.717) is 10.0 Å². The average molecular weight is 365 g/mol. The van der Waals surface area contributed by atoms with Gasteiger partial charge in [0.05, 0.1) is 11.9 Å². The van der Waals surface area contributed by atoms with Gasteiger partial charge in [0.1, 0.15) is 5.82 Å². The number of nitrogens with one attached hydrogen (secondary N) is 2. The van der Waals surface area contributed by atoms with Crippen molar-refractivity contribution in [3.63, 3.8) is 0 Å². The number of rotatable bonds is 3. The summed E-state index contributed by atoms with van der Waals surface area (Å²) in [4.78, 5) is 27.0. The number of pyridine rings is 1. The van der Waals surface area contributed by atoms with Gasteiger partial charge >= 0.3 is 11.8 Å². The zero-order valence-electron chi connectivity index (χ0n) is 11.1. The zero-order chi connectivity index (χ0) is 15.9. The number of aromatic nitrogens is 1. The Morgan fingerprint density at radius 2 is 2.09 bits per heavy atom. The molecule has 0 unspecified atom stereocenters. The third kappa shape index (κ3) is 4.45. The molecule has 22 heavy (non-hydrogen) atoms. The smallest absolute Gasteiger partial charge is 0.315 e. The minimum Gasteiger partial charge on any atom is -0.315 e. The molecule has 0 aliphatic rings. The van der Waals surface area contributed by atoms with Crippen molar-refractivity contribution in [2.45, 2.75) is 0 Å². The lowest BCUT2D eigenvalue weighted by Crippen LogP contribution is -2.32. The van der Waals surface area contributed by atoms with E-state index < -0.39 is 17.6 Å². The second-order valence-electron chi connectivity index (χ2n) is 4.06. The van der Waals surface area contributed by atoms with Crippen molar-refractivity contribution in [3.05, 3.63) is 58.6 Å². The summed E-state index contributed by atoms with van der Waals surface area (Å²) < 4.78 is 14.1. The Balaban J connectivity index is 1.92. The number of benzene rings is 1. The summed E-state index contributed by atoms with van der Waals surface area (Å²) >= 11 is 3.09. The predicted molar refractivity (Wildman–Crippen MR) is 82.7 cm³/mol. The van der Waals surface area contributed by atoms with Crippen molar-refractivity contribution in [1.29, 1.82) is 0 Å². The van der Waals surface area contributed by atoms with Crippen LogP contribution in [0.1, 0.15) is 5.56 Å². The van der Waals surface area contributed by atoms with Gasteiger partial charge in [0.15, 0.2) is 0 Å². The van der Waals surface area contributed by atoms with Crippen LogP contribution in [0.25, 0.3) is 0 Å². The van der Waals surface area contributed by atoms with E-state index in [0.717, 1.165) is 0 Å². The summed E-state index contributed by atoms with van der Waals surface area (Å²) in [6, 6.07) is 7.47. The van der Waals surface area contributed by atoms with Gasteiger partial charge in [0, 0.05) is 22.4 Å². The zero-order valence-corrected chi connectivity index (χ0v) is 12.7. The van der Waals surface area contributed by atoms with Crippen LogP contribution in [0.5, 0.6) is 0 Å². The summed E-state index contributed by atoms with van der Waals surface area (Å²) in [6.07, 6.45) is 4.46. The Labute approximate surface area is 133 Å². The number of anilines is 1. The number of amides is 2. The lowest BCUT2D eigenvalue weighted by atomic mass is 10.3. The second-order valence-corrected chi connectivity index (χ2v) is 4.98. The highest BCUT2D eigenvalue weighted by atomic mass is 79.9. The second kappa shape index (κ2) is 7.41. The first-order valence-electron chi connectivity index (χ1n) is 6.06. The standard InChI is InChI=1S/C14H10BrFN4O2/c15-10-3-4-12(11(16)6-10)19-13(21)14(22)20-18-8-9-2-1-5-17-7-9/h1-8H,(H,19,21)(H,20,22). The predicted octanol–water partition coefficient (Wildman–Crippen LogP) is 2.07. The monoisotopic (exact) mass is 364 g/mol. The van der Waals surface area contributed by atoms with Crippen molar-refractivity contribution in [2.24, 2.45) is 5.10 Å². The molecule has 1 aromatic carbocycles. The SMILES string of the molecule is O=C(NN=Cc1cccnc1)C(=O)Nc1ccc(Br)cc1F. The molecule has 0 spiro atoms. The van der Waals surface area contributed by atoms with E-state index in [1.165, 1.54) is 30.6 Å². The summed E-state index contributed by atoms with van der Waals surface area (Å²) in [6.45, 7) is 0. The third-order valence-corrected chi connectivity index (χ3v) is 2.94. The fourth-order valence-electron chi connectivity index (χ4n) is 1.44. The number of hydrogen-bond donors (Lipinski definition) is 2. The van der Waals surface area contributed by atoms with Crippen LogP contribution in [0.3, 0.4) is 0 Å². The molecule has 0 aliphatic carbocycles. The minimum absolute atomic E-state index is 0.0976. The molecule has 2 amide bonds. The van der Waals surface area contributed by atoms with Crippen LogP contribution in [0.2, 0.25) is 0 Å². The number of hydrazone groups is 1. The molecular weight excluding hydrogens is 355 g/mol. The van der Waals surface area contributed by atoms with Crippen molar-refractivity contribution in [2.75, 3.05) is 5.32 Å². The Hall–Kier alpha value is -2.61. The Morgan fingerprint density at radius 3 is 2.77 bits per heavy atom. The quantitative estimate of drug-likeness (QED) is 0.496. The van der Waals surface area contributed by atoms with Crippen LogP contribution in [-0.4, -0.2) is 23.0 Å². The van der Waals surface area contributed by atoms with Gasteiger partial charge in [0.2, 0.25) is 0 Å². The molecule has 0 aliphatic heterocycles. The fraction of sp³-hybridized carbons (Fsp3) is 0. The molecule has 6 nitrogen and oxygen atoms in total. The van der Waals surface area contributed by atoms with E-state index in [-0.39, 0.29) is 5.69 Å². The topological polar surface area (TPSA) is 83.5 Å². The molecule has 2 aromatic rings. The Bertz CT molecular complexity index is 722. The molecule has 0 atom stereocenters. The molecule has 8 heteroatoms. The maximum Gasteiger partial charge on any atom is 0.329 e. The highest BCUT2D eigenvalue weighted by molar-refractivity contribution is 9.10. The van der Waals surface area contributed by atoms with Crippen molar-refractivity contribution >= 4 is 39.6 Å². The molecule has 1 heterocycles. The normalized spacial score (nSPS) is 10.5. The van der Waals surface area contributed by atoms with Crippen LogP contribution in [-0.2, 0) is 9.59 Å². The molecule has 2 N–H and O–H groups in total.